The SMILES string of the molecule is O=C(CCCOc1ccccc1)NC1CCC2CC3CC(CO)(C2)CC31. The normalized spacial score (nSPS) is 35.1. The van der Waals surface area contributed by atoms with Gasteiger partial charge < -0.3 is 15.2 Å². The first kappa shape index (κ1) is 17.8. The number of aliphatic hydroxyl groups excluding tert-OH is 1. The van der Waals surface area contributed by atoms with Crippen molar-refractivity contribution < 1.29 is 14.6 Å². The maximum atomic E-state index is 12.4. The van der Waals surface area contributed by atoms with Crippen LogP contribution in [0.15, 0.2) is 30.3 Å². The highest BCUT2D eigenvalue weighted by Gasteiger charge is 2.53. The van der Waals surface area contributed by atoms with Crippen molar-refractivity contribution in [1.82, 2.24) is 5.32 Å². The van der Waals surface area contributed by atoms with Crippen LogP contribution >= 0.6 is 0 Å². The molecule has 1 aromatic carbocycles. The molecule has 3 aliphatic carbocycles. The van der Waals surface area contributed by atoms with Crippen LogP contribution < -0.4 is 10.1 Å². The molecule has 3 aliphatic rings. The van der Waals surface area contributed by atoms with Crippen LogP contribution in [0.25, 0.3) is 0 Å². The summed E-state index contributed by atoms with van der Waals surface area (Å²) in [5.74, 6) is 3.05. The van der Waals surface area contributed by atoms with Crippen LogP contribution in [0.2, 0.25) is 0 Å². The first-order chi connectivity index (χ1) is 12.7. The Balaban J connectivity index is 1.25. The summed E-state index contributed by atoms with van der Waals surface area (Å²) < 4.78 is 5.68. The summed E-state index contributed by atoms with van der Waals surface area (Å²) in [6.07, 6.45) is 8.36. The minimum absolute atomic E-state index is 0.158. The highest BCUT2D eigenvalue weighted by atomic mass is 16.5. The van der Waals surface area contributed by atoms with Gasteiger partial charge in [-0.2, -0.15) is 0 Å². The molecule has 0 radical (unpaired) electrons. The third-order valence-corrected chi connectivity index (χ3v) is 6.97. The predicted molar refractivity (Wildman–Crippen MR) is 101 cm³/mol. The van der Waals surface area contributed by atoms with Crippen LogP contribution in [0, 0.1) is 23.2 Å². The van der Waals surface area contributed by atoms with Crippen LogP contribution in [0.1, 0.15) is 51.4 Å². The Morgan fingerprint density at radius 1 is 1.19 bits per heavy atom. The average molecular weight is 357 g/mol. The molecule has 2 N–H and O–H groups in total. The number of amides is 1. The van der Waals surface area contributed by atoms with Gasteiger partial charge in [0.1, 0.15) is 5.75 Å². The lowest BCUT2D eigenvalue weighted by Crippen LogP contribution is -2.41. The number of hydrogen-bond donors (Lipinski definition) is 2. The van der Waals surface area contributed by atoms with Gasteiger partial charge in [0.05, 0.1) is 6.61 Å². The van der Waals surface area contributed by atoms with E-state index in [4.69, 9.17) is 4.74 Å². The molecule has 26 heavy (non-hydrogen) atoms. The van der Waals surface area contributed by atoms with Crippen LogP contribution in [0.4, 0.5) is 0 Å². The molecule has 3 bridgehead atoms. The Morgan fingerprint density at radius 3 is 2.85 bits per heavy atom. The maximum Gasteiger partial charge on any atom is 0.220 e. The van der Waals surface area contributed by atoms with Crippen molar-refractivity contribution in [3.8, 4) is 5.75 Å². The summed E-state index contributed by atoms with van der Waals surface area (Å²) in [7, 11) is 0. The Kier molecular flexibility index (Phi) is 5.21. The molecule has 0 heterocycles. The summed E-state index contributed by atoms with van der Waals surface area (Å²) in [6, 6.07) is 10.1. The smallest absolute Gasteiger partial charge is 0.220 e. The Labute approximate surface area is 156 Å². The first-order valence-corrected chi connectivity index (χ1v) is 10.3. The molecule has 3 fully saturated rings. The zero-order chi connectivity index (χ0) is 18.0. The largest absolute Gasteiger partial charge is 0.494 e. The molecule has 4 rings (SSSR count). The van der Waals surface area contributed by atoms with Crippen LogP contribution in [-0.2, 0) is 4.79 Å². The summed E-state index contributed by atoms with van der Waals surface area (Å²) in [5.41, 5.74) is 0.158. The van der Waals surface area contributed by atoms with Crippen molar-refractivity contribution in [2.45, 2.75) is 57.4 Å². The van der Waals surface area contributed by atoms with E-state index >= 15 is 0 Å². The van der Waals surface area contributed by atoms with Crippen molar-refractivity contribution in [1.29, 1.82) is 0 Å². The Morgan fingerprint density at radius 2 is 2.04 bits per heavy atom. The van der Waals surface area contributed by atoms with E-state index in [2.05, 4.69) is 5.32 Å². The fourth-order valence-corrected chi connectivity index (χ4v) is 5.92. The van der Waals surface area contributed by atoms with Gasteiger partial charge in [0.15, 0.2) is 0 Å². The lowest BCUT2D eigenvalue weighted by molar-refractivity contribution is -0.122. The Hall–Kier alpha value is -1.55. The fourth-order valence-electron chi connectivity index (χ4n) is 5.92. The fraction of sp³-hybridized carbons (Fsp3) is 0.682. The predicted octanol–water partition coefficient (Wildman–Crippen LogP) is 3.54. The van der Waals surface area contributed by atoms with Gasteiger partial charge in [0.2, 0.25) is 5.91 Å². The number of hydrogen-bond acceptors (Lipinski definition) is 3. The Bertz CT molecular complexity index is 619. The van der Waals surface area contributed by atoms with Crippen LogP contribution in [0.5, 0.6) is 5.75 Å². The molecule has 0 spiro atoms. The molecule has 1 aromatic rings. The molecule has 142 valence electrons. The van der Waals surface area contributed by atoms with E-state index in [-0.39, 0.29) is 11.3 Å². The van der Waals surface area contributed by atoms with E-state index in [1.807, 2.05) is 30.3 Å². The number of rotatable bonds is 7. The number of nitrogens with one attached hydrogen (secondary N) is 1. The highest BCUT2D eigenvalue weighted by molar-refractivity contribution is 5.76. The first-order valence-electron chi connectivity index (χ1n) is 10.3. The number of carbonyl (C=O) groups is 1. The molecule has 0 saturated heterocycles. The van der Waals surface area contributed by atoms with Crippen LogP contribution in [0.3, 0.4) is 0 Å². The van der Waals surface area contributed by atoms with Gasteiger partial charge in [-0.15, -0.1) is 0 Å². The number of benzene rings is 1. The zero-order valence-electron chi connectivity index (χ0n) is 15.5. The average Bonchev–Trinajstić information content (AvgIpc) is 2.87. The summed E-state index contributed by atoms with van der Waals surface area (Å²) >= 11 is 0. The monoisotopic (exact) mass is 357 g/mol. The number of ether oxygens (including phenoxy) is 1. The van der Waals surface area contributed by atoms with Crippen molar-refractivity contribution in [2.24, 2.45) is 23.2 Å². The van der Waals surface area contributed by atoms with Gasteiger partial charge in [-0.1, -0.05) is 18.2 Å². The third-order valence-electron chi connectivity index (χ3n) is 6.97. The standard InChI is InChI=1S/C22H31NO3/c24-15-22-12-16-8-9-20(19(14-22)17(11-16)13-22)23-21(25)7-4-10-26-18-5-2-1-3-6-18/h1-3,5-6,16-17,19-20,24H,4,7-15H2,(H,23,25). The second-order valence-corrected chi connectivity index (χ2v) is 8.81. The molecule has 5 atom stereocenters. The second kappa shape index (κ2) is 7.59. The minimum atomic E-state index is 0.158. The third kappa shape index (κ3) is 3.75. The minimum Gasteiger partial charge on any atom is -0.494 e. The van der Waals surface area contributed by atoms with Crippen molar-refractivity contribution >= 4 is 5.91 Å². The molecule has 4 heteroatoms. The molecule has 1 amide bonds. The van der Waals surface area contributed by atoms with E-state index in [1.54, 1.807) is 0 Å². The summed E-state index contributed by atoms with van der Waals surface area (Å²) in [6.45, 7) is 0.901. The van der Waals surface area contributed by atoms with Crippen molar-refractivity contribution in [2.75, 3.05) is 13.2 Å². The van der Waals surface area contributed by atoms with Crippen molar-refractivity contribution in [3.05, 3.63) is 30.3 Å². The quantitative estimate of drug-likeness (QED) is 0.734. The van der Waals surface area contributed by atoms with Gasteiger partial charge in [-0.25, -0.2) is 0 Å². The lowest BCUT2D eigenvalue weighted by atomic mass is 9.70. The van der Waals surface area contributed by atoms with Gasteiger partial charge in [0, 0.05) is 19.1 Å². The zero-order valence-corrected chi connectivity index (χ0v) is 15.5. The number of fused-ring (bicyclic) bond motifs is 2. The number of para-hydroxylation sites is 1. The molecular weight excluding hydrogens is 326 g/mol. The van der Waals surface area contributed by atoms with Gasteiger partial charge >= 0.3 is 0 Å². The summed E-state index contributed by atoms with van der Waals surface area (Å²) in [5, 5.41) is 13.3. The van der Waals surface area contributed by atoms with E-state index in [0.29, 0.717) is 37.5 Å². The van der Waals surface area contributed by atoms with E-state index < -0.39 is 0 Å². The van der Waals surface area contributed by atoms with E-state index in [0.717, 1.165) is 30.9 Å². The molecular formula is C22H31NO3. The van der Waals surface area contributed by atoms with Crippen molar-refractivity contribution in [3.63, 3.8) is 0 Å². The second-order valence-electron chi connectivity index (χ2n) is 8.81. The van der Waals surface area contributed by atoms with Gasteiger partial charge in [-0.05, 0) is 80.2 Å². The van der Waals surface area contributed by atoms with E-state index in [1.165, 1.54) is 25.7 Å². The van der Waals surface area contributed by atoms with Gasteiger partial charge in [-0.3, -0.25) is 4.79 Å². The van der Waals surface area contributed by atoms with Gasteiger partial charge in [0.25, 0.3) is 0 Å². The van der Waals surface area contributed by atoms with E-state index in [9.17, 15) is 9.90 Å². The lowest BCUT2D eigenvalue weighted by Gasteiger charge is -2.36. The highest BCUT2D eigenvalue weighted by Crippen LogP contribution is 2.59. The molecule has 5 unspecified atom stereocenters. The number of aliphatic hydroxyl groups is 1. The topological polar surface area (TPSA) is 58.6 Å². The molecule has 0 aliphatic heterocycles. The number of carbonyl (C=O) groups excluding carboxylic acids is 1. The van der Waals surface area contributed by atoms with Crippen LogP contribution in [-0.4, -0.2) is 30.3 Å². The summed E-state index contributed by atoms with van der Waals surface area (Å²) in [4.78, 5) is 12.4. The molecule has 0 aromatic heterocycles. The maximum absolute atomic E-state index is 12.4. The molecule has 3 saturated carbocycles. The molecule has 4 nitrogen and oxygen atoms in total.